The molecule has 0 saturated carbocycles. The fourth-order valence-corrected chi connectivity index (χ4v) is 4.70. The number of phenols is 1. The van der Waals surface area contributed by atoms with Crippen LogP contribution in [0.2, 0.25) is 0 Å². The molecule has 5 nitrogen and oxygen atoms in total. The lowest BCUT2D eigenvalue weighted by molar-refractivity contribution is -0.135. The molecule has 1 aromatic carbocycles. The van der Waals surface area contributed by atoms with Crippen molar-refractivity contribution in [1.29, 1.82) is 0 Å². The molecule has 1 fully saturated rings. The Morgan fingerprint density at radius 3 is 2.85 bits per heavy atom. The van der Waals surface area contributed by atoms with Crippen LogP contribution in [0.25, 0.3) is 0 Å². The number of phenolic OH excluding ortho intramolecular Hbond substituents is 1. The smallest absolute Gasteiger partial charge is 0.257 e. The summed E-state index contributed by atoms with van der Waals surface area (Å²) in [5.41, 5.74) is 1.67. The highest BCUT2D eigenvalue weighted by atomic mass is 32.1. The van der Waals surface area contributed by atoms with Gasteiger partial charge in [-0.3, -0.25) is 9.69 Å². The number of benzene rings is 1. The van der Waals surface area contributed by atoms with Crippen LogP contribution in [0.4, 0.5) is 0 Å². The first-order valence-electron chi connectivity index (χ1n) is 9.59. The zero-order valence-corrected chi connectivity index (χ0v) is 16.4. The molecular weight excluding hydrogens is 358 g/mol. The molecule has 1 N–H and O–H groups in total. The van der Waals surface area contributed by atoms with Gasteiger partial charge in [-0.05, 0) is 43.8 Å². The first kappa shape index (κ1) is 18.2. The van der Waals surface area contributed by atoms with Crippen molar-refractivity contribution in [2.75, 3.05) is 13.1 Å². The number of likely N-dealkylation sites (tertiary alicyclic amines) is 1. The van der Waals surface area contributed by atoms with E-state index in [0.717, 1.165) is 35.5 Å². The van der Waals surface area contributed by atoms with Crippen LogP contribution >= 0.6 is 11.3 Å². The maximum Gasteiger partial charge on any atom is 0.257 e. The van der Waals surface area contributed by atoms with Gasteiger partial charge in [0.15, 0.2) is 0 Å². The van der Waals surface area contributed by atoms with E-state index in [0.29, 0.717) is 19.0 Å². The number of piperidine rings is 1. The van der Waals surface area contributed by atoms with Gasteiger partial charge in [-0.25, -0.2) is 5.01 Å². The maximum absolute atomic E-state index is 13.2. The Morgan fingerprint density at radius 1 is 1.26 bits per heavy atom. The van der Waals surface area contributed by atoms with Crippen molar-refractivity contribution in [3.05, 3.63) is 52.2 Å². The number of hydrogen-bond donors (Lipinski definition) is 1. The number of carbonyl (C=O) groups is 1. The third-order valence-electron chi connectivity index (χ3n) is 5.55. The predicted octanol–water partition coefficient (Wildman–Crippen LogP) is 4.01. The van der Waals surface area contributed by atoms with Gasteiger partial charge in [0.25, 0.3) is 5.91 Å². The molecule has 1 saturated heterocycles. The highest BCUT2D eigenvalue weighted by Gasteiger charge is 2.36. The highest BCUT2D eigenvalue weighted by molar-refractivity contribution is 7.12. The molecule has 1 amide bonds. The van der Waals surface area contributed by atoms with Crippen LogP contribution in [-0.2, 0) is 4.79 Å². The molecule has 0 bridgehead atoms. The minimum Gasteiger partial charge on any atom is -0.508 e. The number of nitrogens with zero attached hydrogens (tertiary/aromatic N) is 3. The van der Waals surface area contributed by atoms with E-state index in [1.54, 1.807) is 28.5 Å². The third kappa shape index (κ3) is 3.77. The predicted molar refractivity (Wildman–Crippen MR) is 108 cm³/mol. The zero-order chi connectivity index (χ0) is 18.8. The van der Waals surface area contributed by atoms with Crippen molar-refractivity contribution in [1.82, 2.24) is 9.91 Å². The lowest BCUT2D eigenvalue weighted by atomic mass is 10.00. The summed E-state index contributed by atoms with van der Waals surface area (Å²) in [5, 5.41) is 18.7. The number of hydrogen-bond acceptors (Lipinski definition) is 5. The topological polar surface area (TPSA) is 56.1 Å². The maximum atomic E-state index is 13.2. The van der Waals surface area contributed by atoms with Gasteiger partial charge in [0.1, 0.15) is 5.75 Å². The number of carbonyl (C=O) groups excluding carboxylic acids is 1. The number of aromatic hydroxyl groups is 1. The van der Waals surface area contributed by atoms with Gasteiger partial charge >= 0.3 is 0 Å². The Balaban J connectivity index is 1.60. The van der Waals surface area contributed by atoms with Gasteiger partial charge in [-0.15, -0.1) is 11.3 Å². The Hall–Kier alpha value is -2.18. The highest BCUT2D eigenvalue weighted by Crippen LogP contribution is 2.37. The van der Waals surface area contributed by atoms with Crippen LogP contribution in [0.5, 0.6) is 5.75 Å². The Morgan fingerprint density at radius 2 is 2.11 bits per heavy atom. The van der Waals surface area contributed by atoms with Crippen molar-refractivity contribution in [3.8, 4) is 5.75 Å². The fourth-order valence-electron chi connectivity index (χ4n) is 3.98. The number of amides is 1. The minimum absolute atomic E-state index is 0.00330. The van der Waals surface area contributed by atoms with Gasteiger partial charge in [0, 0.05) is 18.0 Å². The summed E-state index contributed by atoms with van der Waals surface area (Å²) in [6.45, 7) is 3.53. The van der Waals surface area contributed by atoms with Crippen molar-refractivity contribution in [3.63, 3.8) is 0 Å². The van der Waals surface area contributed by atoms with E-state index in [4.69, 9.17) is 5.10 Å². The summed E-state index contributed by atoms with van der Waals surface area (Å²) in [4.78, 5) is 16.5. The van der Waals surface area contributed by atoms with E-state index in [1.165, 1.54) is 6.42 Å². The molecule has 3 heterocycles. The van der Waals surface area contributed by atoms with E-state index < -0.39 is 0 Å². The Labute approximate surface area is 163 Å². The van der Waals surface area contributed by atoms with E-state index in [1.807, 2.05) is 29.6 Å². The summed E-state index contributed by atoms with van der Waals surface area (Å²) < 4.78 is 0. The first-order valence-corrected chi connectivity index (χ1v) is 10.5. The van der Waals surface area contributed by atoms with E-state index in [9.17, 15) is 9.90 Å². The average molecular weight is 384 g/mol. The molecule has 4 rings (SSSR count). The third-order valence-corrected chi connectivity index (χ3v) is 6.47. The molecule has 2 aliphatic heterocycles. The van der Waals surface area contributed by atoms with E-state index in [-0.39, 0.29) is 17.7 Å². The van der Waals surface area contributed by atoms with Crippen LogP contribution < -0.4 is 0 Å². The van der Waals surface area contributed by atoms with E-state index in [2.05, 4.69) is 11.8 Å². The molecule has 2 aromatic rings. The average Bonchev–Trinajstić information content (AvgIpc) is 3.33. The summed E-state index contributed by atoms with van der Waals surface area (Å²) in [6, 6.07) is 11.5. The number of thiophene rings is 1. The molecule has 1 aromatic heterocycles. The number of para-hydroxylation sites is 1. The normalized spacial score (nSPS) is 23.4. The Bertz CT molecular complexity index is 834. The van der Waals surface area contributed by atoms with Gasteiger partial charge in [-0.2, -0.15) is 5.10 Å². The van der Waals surface area contributed by atoms with Crippen LogP contribution in [0.1, 0.15) is 49.1 Å². The van der Waals surface area contributed by atoms with Crippen LogP contribution in [0, 0.1) is 0 Å². The molecule has 142 valence electrons. The standard InChI is InChI=1S/C21H25N3O2S/c1-15-7-4-5-11-23(15)14-21(26)24-18(16-8-2-3-9-19(16)25)13-17(22-24)20-10-6-12-27-20/h2-3,6,8-10,12,15,18,25H,4-5,7,11,13-14H2,1H3/t15-,18+/m1/s1. The van der Waals surface area contributed by atoms with Crippen molar-refractivity contribution < 1.29 is 9.90 Å². The molecule has 27 heavy (non-hydrogen) atoms. The lowest BCUT2D eigenvalue weighted by Gasteiger charge is -2.34. The second kappa shape index (κ2) is 7.82. The summed E-state index contributed by atoms with van der Waals surface area (Å²) in [7, 11) is 0. The van der Waals surface area contributed by atoms with Gasteiger partial charge in [0.05, 0.1) is 23.2 Å². The van der Waals surface area contributed by atoms with Crippen LogP contribution in [0.15, 0.2) is 46.9 Å². The largest absolute Gasteiger partial charge is 0.508 e. The van der Waals surface area contributed by atoms with Gasteiger partial charge < -0.3 is 5.11 Å². The summed E-state index contributed by atoms with van der Waals surface area (Å²) in [5.74, 6) is 0.220. The molecule has 0 spiro atoms. The van der Waals surface area contributed by atoms with Crippen molar-refractivity contribution in [2.24, 2.45) is 5.10 Å². The summed E-state index contributed by atoms with van der Waals surface area (Å²) >= 11 is 1.63. The van der Waals surface area contributed by atoms with Gasteiger partial charge in [0.2, 0.25) is 0 Å². The second-order valence-corrected chi connectivity index (χ2v) is 8.30. The first-order chi connectivity index (χ1) is 13.1. The Kier molecular flexibility index (Phi) is 5.27. The van der Waals surface area contributed by atoms with Gasteiger partial charge in [-0.1, -0.05) is 30.7 Å². The molecule has 2 aliphatic rings. The van der Waals surface area contributed by atoms with Crippen LogP contribution in [-0.4, -0.2) is 45.8 Å². The molecular formula is C21H25N3O2S. The second-order valence-electron chi connectivity index (χ2n) is 7.36. The number of hydrazone groups is 1. The fraction of sp³-hybridized carbons (Fsp3) is 0.429. The van der Waals surface area contributed by atoms with Crippen molar-refractivity contribution >= 4 is 23.0 Å². The van der Waals surface area contributed by atoms with Crippen LogP contribution in [0.3, 0.4) is 0 Å². The molecule has 6 heteroatoms. The zero-order valence-electron chi connectivity index (χ0n) is 15.5. The summed E-state index contributed by atoms with van der Waals surface area (Å²) in [6.07, 6.45) is 4.14. The minimum atomic E-state index is -0.254. The number of rotatable bonds is 4. The molecule has 0 aliphatic carbocycles. The quantitative estimate of drug-likeness (QED) is 0.868. The molecule has 2 atom stereocenters. The van der Waals surface area contributed by atoms with E-state index >= 15 is 0 Å². The SMILES string of the molecule is C[C@@H]1CCCCN1CC(=O)N1N=C(c2cccs2)C[C@H]1c1ccccc1O. The monoisotopic (exact) mass is 383 g/mol. The van der Waals surface area contributed by atoms with Crippen molar-refractivity contribution in [2.45, 2.75) is 44.7 Å². The lowest BCUT2D eigenvalue weighted by Crippen LogP contribution is -2.44. The molecule has 0 unspecified atom stereocenters. The molecule has 0 radical (unpaired) electrons.